The van der Waals surface area contributed by atoms with Gasteiger partial charge in [-0.15, -0.1) is 5.10 Å². The minimum absolute atomic E-state index is 0.0174. The summed E-state index contributed by atoms with van der Waals surface area (Å²) in [6.45, 7) is 3.86. The van der Waals surface area contributed by atoms with E-state index in [1.54, 1.807) is 0 Å². The lowest BCUT2D eigenvalue weighted by Crippen LogP contribution is -2.06. The molecule has 0 aliphatic carbocycles. The summed E-state index contributed by atoms with van der Waals surface area (Å²) in [5.41, 5.74) is 7.03. The van der Waals surface area contributed by atoms with Gasteiger partial charge >= 0.3 is 0 Å². The van der Waals surface area contributed by atoms with E-state index in [9.17, 15) is 0 Å². The monoisotopic (exact) mass is 234 g/mol. The lowest BCUT2D eigenvalue weighted by atomic mass is 10.1. The molecule has 0 unspecified atom stereocenters. The average molecular weight is 234 g/mol. The van der Waals surface area contributed by atoms with Gasteiger partial charge in [0.15, 0.2) is 0 Å². The van der Waals surface area contributed by atoms with Crippen molar-refractivity contribution in [3.63, 3.8) is 0 Å². The third kappa shape index (κ3) is 2.43. The lowest BCUT2D eigenvalue weighted by Gasteiger charge is -2.10. The predicted molar refractivity (Wildman–Crippen MR) is 64.3 cm³/mol. The van der Waals surface area contributed by atoms with E-state index < -0.39 is 0 Å². The van der Waals surface area contributed by atoms with Gasteiger partial charge in [0.2, 0.25) is 5.16 Å². The van der Waals surface area contributed by atoms with Crippen LogP contribution in [0.1, 0.15) is 24.4 Å². The van der Waals surface area contributed by atoms with Gasteiger partial charge in [0.05, 0.1) is 0 Å². The number of nitrogens with one attached hydrogen (secondary N) is 1. The van der Waals surface area contributed by atoms with Crippen molar-refractivity contribution in [2.45, 2.75) is 29.9 Å². The lowest BCUT2D eigenvalue weighted by molar-refractivity contribution is 0.796. The Labute approximate surface area is 98.7 Å². The fourth-order valence-corrected chi connectivity index (χ4v) is 2.40. The molecule has 1 aromatic carbocycles. The smallest absolute Gasteiger partial charge is 0.213 e. The number of hydrogen-bond acceptors (Lipinski definition) is 4. The van der Waals surface area contributed by atoms with E-state index in [1.165, 1.54) is 11.8 Å². The van der Waals surface area contributed by atoms with Crippen molar-refractivity contribution in [1.29, 1.82) is 0 Å². The van der Waals surface area contributed by atoms with E-state index in [2.05, 4.69) is 15.2 Å². The maximum Gasteiger partial charge on any atom is 0.213 e. The Hall–Kier alpha value is -1.33. The van der Waals surface area contributed by atoms with Crippen molar-refractivity contribution in [2.75, 3.05) is 0 Å². The molecule has 0 fully saturated rings. The number of rotatable bonds is 3. The summed E-state index contributed by atoms with van der Waals surface area (Å²) >= 11 is 1.53. The zero-order chi connectivity index (χ0) is 11.5. The molecule has 0 radical (unpaired) electrons. The van der Waals surface area contributed by atoms with Crippen LogP contribution in [0.4, 0.5) is 0 Å². The Morgan fingerprint density at radius 2 is 2.12 bits per heavy atom. The Bertz CT molecular complexity index is 478. The number of benzene rings is 1. The second-order valence-electron chi connectivity index (χ2n) is 3.63. The van der Waals surface area contributed by atoms with Crippen LogP contribution in [-0.4, -0.2) is 15.2 Å². The predicted octanol–water partition coefficient (Wildman–Crippen LogP) is 2.28. The second-order valence-corrected chi connectivity index (χ2v) is 4.64. The van der Waals surface area contributed by atoms with Gasteiger partial charge in [0, 0.05) is 10.9 Å². The van der Waals surface area contributed by atoms with Gasteiger partial charge in [-0.3, -0.25) is 5.10 Å². The third-order valence-electron chi connectivity index (χ3n) is 2.19. The molecule has 0 bridgehead atoms. The highest BCUT2D eigenvalue weighted by Gasteiger charge is 2.09. The molecule has 0 saturated heterocycles. The molecule has 84 valence electrons. The first-order valence-electron chi connectivity index (χ1n) is 5.08. The highest BCUT2D eigenvalue weighted by Crippen LogP contribution is 2.30. The van der Waals surface area contributed by atoms with Crippen molar-refractivity contribution in [2.24, 2.45) is 5.73 Å². The van der Waals surface area contributed by atoms with Gasteiger partial charge in [-0.2, -0.15) is 0 Å². The minimum Gasteiger partial charge on any atom is -0.324 e. The number of hydrogen-bond donors (Lipinski definition) is 2. The molecule has 1 aromatic heterocycles. The SMILES string of the molecule is Cc1nc(Sc2ccccc2[C@H](C)N)n[nH]1. The van der Waals surface area contributed by atoms with Gasteiger partial charge in [0.25, 0.3) is 0 Å². The molecule has 1 atom stereocenters. The van der Waals surface area contributed by atoms with E-state index in [-0.39, 0.29) is 6.04 Å². The van der Waals surface area contributed by atoms with Crippen molar-refractivity contribution < 1.29 is 0 Å². The second kappa shape index (κ2) is 4.67. The largest absolute Gasteiger partial charge is 0.324 e. The first-order chi connectivity index (χ1) is 7.66. The molecular weight excluding hydrogens is 220 g/mol. The van der Waals surface area contributed by atoms with E-state index in [1.807, 2.05) is 38.1 Å². The normalized spacial score (nSPS) is 12.7. The Kier molecular flexibility index (Phi) is 3.26. The van der Waals surface area contributed by atoms with Crippen molar-refractivity contribution in [3.8, 4) is 0 Å². The van der Waals surface area contributed by atoms with Crippen molar-refractivity contribution in [3.05, 3.63) is 35.7 Å². The van der Waals surface area contributed by atoms with Crippen molar-refractivity contribution in [1.82, 2.24) is 15.2 Å². The highest BCUT2D eigenvalue weighted by atomic mass is 32.2. The van der Waals surface area contributed by atoms with Crippen LogP contribution in [0, 0.1) is 6.92 Å². The van der Waals surface area contributed by atoms with Crippen LogP contribution in [0.3, 0.4) is 0 Å². The molecule has 4 nitrogen and oxygen atoms in total. The molecule has 0 aliphatic rings. The van der Waals surface area contributed by atoms with Gasteiger partial charge in [0.1, 0.15) is 5.82 Å². The van der Waals surface area contributed by atoms with Crippen LogP contribution in [0.5, 0.6) is 0 Å². The van der Waals surface area contributed by atoms with Gasteiger partial charge in [-0.05, 0) is 37.2 Å². The van der Waals surface area contributed by atoms with Crippen LogP contribution in [0.2, 0.25) is 0 Å². The molecule has 0 aliphatic heterocycles. The topological polar surface area (TPSA) is 67.6 Å². The first kappa shape index (κ1) is 11.2. The minimum atomic E-state index is 0.0174. The molecule has 2 aromatic rings. The zero-order valence-corrected chi connectivity index (χ0v) is 10.1. The highest BCUT2D eigenvalue weighted by molar-refractivity contribution is 7.99. The molecule has 3 N–H and O–H groups in total. The number of H-pyrrole nitrogens is 1. The molecule has 0 amide bonds. The summed E-state index contributed by atoms with van der Waals surface area (Å²) in [7, 11) is 0. The number of nitrogens with zero attached hydrogens (tertiary/aromatic N) is 2. The maximum absolute atomic E-state index is 5.91. The number of nitrogens with two attached hydrogens (primary N) is 1. The molecule has 1 heterocycles. The summed E-state index contributed by atoms with van der Waals surface area (Å²) in [6, 6.07) is 8.07. The van der Waals surface area contributed by atoms with Crippen LogP contribution >= 0.6 is 11.8 Å². The average Bonchev–Trinajstić information content (AvgIpc) is 2.64. The number of aryl methyl sites for hydroxylation is 1. The van der Waals surface area contributed by atoms with E-state index >= 15 is 0 Å². The standard InChI is InChI=1S/C11H14N4S/c1-7(12)9-5-3-4-6-10(9)16-11-13-8(2)14-15-11/h3-7H,12H2,1-2H3,(H,13,14,15)/t7-/m0/s1. The summed E-state index contributed by atoms with van der Waals surface area (Å²) in [5.74, 6) is 0.820. The Morgan fingerprint density at radius 1 is 1.38 bits per heavy atom. The maximum atomic E-state index is 5.91. The molecule has 5 heteroatoms. The molecule has 0 saturated carbocycles. The van der Waals surface area contributed by atoms with Gasteiger partial charge < -0.3 is 5.73 Å². The first-order valence-corrected chi connectivity index (χ1v) is 5.90. The molecule has 0 spiro atoms. The van der Waals surface area contributed by atoms with E-state index in [4.69, 9.17) is 5.73 Å². The Morgan fingerprint density at radius 3 is 2.75 bits per heavy atom. The molecule has 2 rings (SSSR count). The molecule has 16 heavy (non-hydrogen) atoms. The Balaban J connectivity index is 2.27. The van der Waals surface area contributed by atoms with Gasteiger partial charge in [-0.1, -0.05) is 18.2 Å². The molecular formula is C11H14N4S. The fraction of sp³-hybridized carbons (Fsp3) is 0.273. The quantitative estimate of drug-likeness (QED) is 0.855. The fourth-order valence-electron chi connectivity index (χ4n) is 1.42. The summed E-state index contributed by atoms with van der Waals surface area (Å²) < 4.78 is 0. The van der Waals surface area contributed by atoms with Crippen LogP contribution in [-0.2, 0) is 0 Å². The summed E-state index contributed by atoms with van der Waals surface area (Å²) in [4.78, 5) is 5.37. The van der Waals surface area contributed by atoms with E-state index in [0.29, 0.717) is 0 Å². The number of aromatic nitrogens is 3. The summed E-state index contributed by atoms with van der Waals surface area (Å²) in [6.07, 6.45) is 0. The van der Waals surface area contributed by atoms with Crippen LogP contribution in [0.25, 0.3) is 0 Å². The van der Waals surface area contributed by atoms with Crippen molar-refractivity contribution >= 4 is 11.8 Å². The third-order valence-corrected chi connectivity index (χ3v) is 3.14. The zero-order valence-electron chi connectivity index (χ0n) is 9.27. The number of aromatic amines is 1. The summed E-state index contributed by atoms with van der Waals surface area (Å²) in [5, 5.41) is 7.65. The van der Waals surface area contributed by atoms with Gasteiger partial charge in [-0.25, -0.2) is 4.98 Å². The van der Waals surface area contributed by atoms with E-state index in [0.717, 1.165) is 21.4 Å². The van der Waals surface area contributed by atoms with Crippen LogP contribution in [0.15, 0.2) is 34.3 Å². The van der Waals surface area contributed by atoms with Crippen LogP contribution < -0.4 is 5.73 Å².